The molecule has 4 rings (SSSR count). The molecule has 0 atom stereocenters. The van der Waals surface area contributed by atoms with Gasteiger partial charge >= 0.3 is 0 Å². The van der Waals surface area contributed by atoms with E-state index in [1.807, 2.05) is 0 Å². The zero-order chi connectivity index (χ0) is 17.9. The maximum absolute atomic E-state index is 12.6. The van der Waals surface area contributed by atoms with Crippen molar-refractivity contribution in [2.24, 2.45) is 0 Å². The van der Waals surface area contributed by atoms with E-state index in [1.165, 1.54) is 0 Å². The Morgan fingerprint density at radius 3 is 2.88 bits per heavy atom. The summed E-state index contributed by atoms with van der Waals surface area (Å²) < 4.78 is 6.84. The summed E-state index contributed by atoms with van der Waals surface area (Å²) in [5, 5.41) is 11.9. The Morgan fingerprint density at radius 1 is 1.23 bits per heavy atom. The number of ether oxygens (including phenoxy) is 1. The average Bonchev–Trinajstić information content (AvgIpc) is 3.32. The van der Waals surface area contributed by atoms with E-state index in [-0.39, 0.29) is 5.56 Å². The predicted octanol–water partition coefficient (Wildman–Crippen LogP) is -0.439. The molecule has 26 heavy (non-hydrogen) atoms. The first-order chi connectivity index (χ1) is 12.7. The number of aromatic amines is 1. The second-order valence-electron chi connectivity index (χ2n) is 6.78. The lowest BCUT2D eigenvalue weighted by molar-refractivity contribution is 0.177. The van der Waals surface area contributed by atoms with Gasteiger partial charge in [-0.3, -0.25) is 14.7 Å². The average molecular weight is 360 g/mol. The van der Waals surface area contributed by atoms with Crippen LogP contribution in [-0.2, 0) is 30.8 Å². The molecule has 1 saturated heterocycles. The van der Waals surface area contributed by atoms with Crippen molar-refractivity contribution in [2.45, 2.75) is 38.9 Å². The largest absolute Gasteiger partial charge is 0.383 e. The Bertz CT molecular complexity index is 811. The van der Waals surface area contributed by atoms with Crippen molar-refractivity contribution < 1.29 is 4.74 Å². The first-order valence-electron chi connectivity index (χ1n) is 9.08. The van der Waals surface area contributed by atoms with Crippen LogP contribution in [0.25, 0.3) is 0 Å². The molecule has 0 bridgehead atoms. The van der Waals surface area contributed by atoms with Crippen molar-refractivity contribution >= 4 is 5.95 Å². The molecular weight excluding hydrogens is 336 g/mol. The van der Waals surface area contributed by atoms with Gasteiger partial charge in [0.15, 0.2) is 5.82 Å². The second-order valence-corrected chi connectivity index (χ2v) is 6.78. The first kappa shape index (κ1) is 17.1. The summed E-state index contributed by atoms with van der Waals surface area (Å²) in [5.41, 5.74) is 1.65. The van der Waals surface area contributed by atoms with Crippen LogP contribution in [0.1, 0.15) is 29.9 Å². The fourth-order valence-corrected chi connectivity index (χ4v) is 3.57. The Kier molecular flexibility index (Phi) is 4.93. The maximum Gasteiger partial charge on any atom is 0.257 e. The van der Waals surface area contributed by atoms with Gasteiger partial charge in [0, 0.05) is 39.7 Å². The molecule has 2 aliphatic heterocycles. The van der Waals surface area contributed by atoms with E-state index in [9.17, 15) is 4.79 Å². The number of rotatable bonds is 6. The highest BCUT2D eigenvalue weighted by Crippen LogP contribution is 2.20. The van der Waals surface area contributed by atoms with Gasteiger partial charge in [0.1, 0.15) is 0 Å². The van der Waals surface area contributed by atoms with Crippen molar-refractivity contribution in [1.29, 1.82) is 0 Å². The van der Waals surface area contributed by atoms with Gasteiger partial charge in [0.25, 0.3) is 5.56 Å². The molecule has 1 N–H and O–H groups in total. The lowest BCUT2D eigenvalue weighted by atomic mass is 10.1. The Hall–Kier alpha value is -2.33. The molecule has 0 amide bonds. The van der Waals surface area contributed by atoms with Gasteiger partial charge in [-0.15, -0.1) is 5.10 Å². The Labute approximate surface area is 151 Å². The number of nitrogens with one attached hydrogen (secondary N) is 1. The van der Waals surface area contributed by atoms with Crippen LogP contribution in [0.2, 0.25) is 0 Å². The molecule has 0 aliphatic carbocycles. The van der Waals surface area contributed by atoms with E-state index in [2.05, 4.69) is 30.3 Å². The van der Waals surface area contributed by atoms with Crippen molar-refractivity contribution in [3.05, 3.63) is 27.4 Å². The van der Waals surface area contributed by atoms with Crippen LogP contribution >= 0.6 is 0 Å². The van der Waals surface area contributed by atoms with Crippen molar-refractivity contribution in [3.8, 4) is 0 Å². The second kappa shape index (κ2) is 7.50. The number of hydrogen-bond donors (Lipinski definition) is 1. The third-order valence-corrected chi connectivity index (χ3v) is 5.02. The van der Waals surface area contributed by atoms with E-state index >= 15 is 0 Å². The summed E-state index contributed by atoms with van der Waals surface area (Å²) in [7, 11) is 1.65. The Balaban J connectivity index is 1.48. The molecule has 1 fully saturated rings. The molecule has 2 aliphatic rings. The minimum Gasteiger partial charge on any atom is -0.383 e. The van der Waals surface area contributed by atoms with Gasteiger partial charge in [0.05, 0.1) is 31.0 Å². The van der Waals surface area contributed by atoms with E-state index in [0.717, 1.165) is 61.9 Å². The summed E-state index contributed by atoms with van der Waals surface area (Å²) in [5.74, 6) is 1.51. The summed E-state index contributed by atoms with van der Waals surface area (Å²) in [4.78, 5) is 24.6. The molecule has 2 aromatic rings. The molecule has 4 heterocycles. The number of fused-ring (bicyclic) bond motifs is 1. The van der Waals surface area contributed by atoms with Crippen LogP contribution in [0, 0.1) is 0 Å². The molecule has 0 unspecified atom stereocenters. The van der Waals surface area contributed by atoms with Gasteiger partial charge in [0.2, 0.25) is 5.95 Å². The number of hydrogen-bond acceptors (Lipinski definition) is 8. The SMILES string of the molecule is COCCn1nnnc1CN1CCc2nc(N3CCCC3)[nH]c(=O)c2C1. The van der Waals surface area contributed by atoms with Gasteiger partial charge in [-0.2, -0.15) is 0 Å². The molecule has 0 radical (unpaired) electrons. The summed E-state index contributed by atoms with van der Waals surface area (Å²) in [6.07, 6.45) is 3.08. The van der Waals surface area contributed by atoms with Crippen LogP contribution in [0.3, 0.4) is 0 Å². The molecule has 10 nitrogen and oxygen atoms in total. The van der Waals surface area contributed by atoms with Crippen LogP contribution in [0.4, 0.5) is 5.95 Å². The summed E-state index contributed by atoms with van der Waals surface area (Å²) >= 11 is 0. The van der Waals surface area contributed by atoms with Crippen molar-refractivity contribution in [3.63, 3.8) is 0 Å². The smallest absolute Gasteiger partial charge is 0.257 e. The topological polar surface area (TPSA) is 105 Å². The van der Waals surface area contributed by atoms with Crippen LogP contribution in [0.5, 0.6) is 0 Å². The van der Waals surface area contributed by atoms with Crippen LogP contribution < -0.4 is 10.5 Å². The number of methoxy groups -OCH3 is 1. The van der Waals surface area contributed by atoms with Crippen LogP contribution in [0.15, 0.2) is 4.79 Å². The van der Waals surface area contributed by atoms with Gasteiger partial charge in [-0.05, 0) is 23.3 Å². The first-order valence-corrected chi connectivity index (χ1v) is 9.08. The fraction of sp³-hybridized carbons (Fsp3) is 0.688. The zero-order valence-electron chi connectivity index (χ0n) is 15.0. The molecule has 0 saturated carbocycles. The molecule has 0 aromatic carbocycles. The van der Waals surface area contributed by atoms with E-state index < -0.39 is 0 Å². The number of nitrogens with zero attached hydrogens (tertiary/aromatic N) is 7. The third kappa shape index (κ3) is 3.47. The summed E-state index contributed by atoms with van der Waals surface area (Å²) in [6, 6.07) is 0. The minimum absolute atomic E-state index is 0.0272. The normalized spacial score (nSPS) is 17.7. The van der Waals surface area contributed by atoms with Crippen molar-refractivity contribution in [1.82, 2.24) is 35.1 Å². The quantitative estimate of drug-likeness (QED) is 0.739. The maximum atomic E-state index is 12.6. The third-order valence-electron chi connectivity index (χ3n) is 5.02. The van der Waals surface area contributed by atoms with E-state index in [1.54, 1.807) is 11.8 Å². The van der Waals surface area contributed by atoms with Gasteiger partial charge < -0.3 is 9.64 Å². The number of aromatic nitrogens is 6. The van der Waals surface area contributed by atoms with Gasteiger partial charge in [-0.1, -0.05) is 0 Å². The molecular formula is C16H24N8O2. The highest BCUT2D eigenvalue weighted by molar-refractivity contribution is 5.35. The minimum atomic E-state index is -0.0272. The molecule has 140 valence electrons. The number of H-pyrrole nitrogens is 1. The molecule has 10 heteroatoms. The molecule has 2 aromatic heterocycles. The number of tetrazole rings is 1. The lowest BCUT2D eigenvalue weighted by Gasteiger charge is -2.28. The fourth-order valence-electron chi connectivity index (χ4n) is 3.57. The standard InChI is InChI=1S/C16H24N8O2/c1-26-9-8-24-14(19-20-21-24)11-22-7-4-13-12(10-22)15(25)18-16(17-13)23-5-2-3-6-23/h2-11H2,1H3,(H,17,18,25). The van der Waals surface area contributed by atoms with Crippen molar-refractivity contribution in [2.75, 3.05) is 38.3 Å². The van der Waals surface area contributed by atoms with Crippen LogP contribution in [-0.4, -0.2) is 68.4 Å². The highest BCUT2D eigenvalue weighted by atomic mass is 16.5. The highest BCUT2D eigenvalue weighted by Gasteiger charge is 2.24. The zero-order valence-corrected chi connectivity index (χ0v) is 15.0. The number of anilines is 1. The van der Waals surface area contributed by atoms with E-state index in [4.69, 9.17) is 9.72 Å². The summed E-state index contributed by atoms with van der Waals surface area (Å²) in [6.45, 7) is 5.11. The monoisotopic (exact) mass is 360 g/mol. The predicted molar refractivity (Wildman–Crippen MR) is 93.8 cm³/mol. The lowest BCUT2D eigenvalue weighted by Crippen LogP contribution is -2.37. The van der Waals surface area contributed by atoms with Gasteiger partial charge in [-0.25, -0.2) is 9.67 Å². The van der Waals surface area contributed by atoms with E-state index in [0.29, 0.717) is 26.2 Å². The Morgan fingerprint density at radius 2 is 2.08 bits per heavy atom. The molecule has 0 spiro atoms.